The lowest BCUT2D eigenvalue weighted by Crippen LogP contribution is -2.32. The van der Waals surface area contributed by atoms with E-state index < -0.39 is 28.4 Å². The minimum absolute atomic E-state index is 0.0547. The van der Waals surface area contributed by atoms with E-state index in [4.69, 9.17) is 9.52 Å². The zero-order valence-electron chi connectivity index (χ0n) is 15.8. The highest BCUT2D eigenvalue weighted by Crippen LogP contribution is 2.31. The molecule has 0 aliphatic carbocycles. The lowest BCUT2D eigenvalue weighted by atomic mass is 9.99. The van der Waals surface area contributed by atoms with E-state index in [1.165, 1.54) is 12.1 Å². The van der Waals surface area contributed by atoms with Gasteiger partial charge in [-0.3, -0.25) is 0 Å². The van der Waals surface area contributed by atoms with Gasteiger partial charge in [-0.15, -0.1) is 5.10 Å². The summed E-state index contributed by atoms with van der Waals surface area (Å²) in [6, 6.07) is 11.5. The van der Waals surface area contributed by atoms with E-state index in [1.807, 2.05) is 0 Å². The summed E-state index contributed by atoms with van der Waals surface area (Å²) < 4.78 is 68.3. The number of hydrogen-bond acceptors (Lipinski definition) is 6. The van der Waals surface area contributed by atoms with Crippen molar-refractivity contribution >= 4 is 16.0 Å². The number of halogens is 3. The predicted octanol–water partition coefficient (Wildman–Crippen LogP) is 3.10. The largest absolute Gasteiger partial charge is 0.416 e. The molecule has 1 heterocycles. The lowest BCUT2D eigenvalue weighted by molar-refractivity contribution is -0.137. The Morgan fingerprint density at radius 3 is 2.33 bits per heavy atom. The summed E-state index contributed by atoms with van der Waals surface area (Å²) >= 11 is 0. The fourth-order valence-electron chi connectivity index (χ4n) is 2.83. The highest BCUT2D eigenvalue weighted by molar-refractivity contribution is 7.92. The van der Waals surface area contributed by atoms with Crippen LogP contribution in [-0.4, -0.2) is 43.1 Å². The van der Waals surface area contributed by atoms with Gasteiger partial charge in [0.05, 0.1) is 25.0 Å². The van der Waals surface area contributed by atoms with Crippen LogP contribution in [0.25, 0.3) is 11.5 Å². The summed E-state index contributed by atoms with van der Waals surface area (Å²) in [5.74, 6) is 0.0547. The Bertz CT molecular complexity index is 1110. The number of aliphatic hydroxyl groups is 1. The molecular weight excluding hydrogens is 423 g/mol. The molecule has 3 aromatic rings. The molecule has 0 unspecified atom stereocenters. The normalized spacial score (nSPS) is 12.2. The third-order valence-corrected chi connectivity index (χ3v) is 5.39. The summed E-state index contributed by atoms with van der Waals surface area (Å²) in [4.78, 5) is 0. The molecule has 0 bridgehead atoms. The number of nitrogens with zero attached hydrogens (tertiary/aromatic N) is 3. The smallest absolute Gasteiger partial charge is 0.403 e. The zero-order valence-corrected chi connectivity index (χ0v) is 16.6. The van der Waals surface area contributed by atoms with Crippen molar-refractivity contribution in [2.24, 2.45) is 0 Å². The van der Waals surface area contributed by atoms with Crippen molar-refractivity contribution in [2.75, 3.05) is 23.7 Å². The van der Waals surface area contributed by atoms with Crippen LogP contribution in [0.3, 0.4) is 0 Å². The van der Waals surface area contributed by atoms with Gasteiger partial charge in [0.15, 0.2) is 0 Å². The van der Waals surface area contributed by atoms with Gasteiger partial charge in [0.1, 0.15) is 0 Å². The van der Waals surface area contributed by atoms with Crippen LogP contribution in [0.2, 0.25) is 0 Å². The third kappa shape index (κ3) is 4.97. The third-order valence-electron chi connectivity index (χ3n) is 4.25. The van der Waals surface area contributed by atoms with Crippen LogP contribution in [-0.2, 0) is 22.6 Å². The van der Waals surface area contributed by atoms with Crippen molar-refractivity contribution in [3.8, 4) is 11.5 Å². The second-order valence-corrected chi connectivity index (χ2v) is 8.38. The molecule has 30 heavy (non-hydrogen) atoms. The molecular formula is C19H18F3N3O4S. The van der Waals surface area contributed by atoms with Crippen LogP contribution in [0.1, 0.15) is 16.7 Å². The molecule has 0 aliphatic heterocycles. The summed E-state index contributed by atoms with van der Waals surface area (Å²) in [5, 5.41) is 16.8. The molecule has 3 rings (SSSR count). The van der Waals surface area contributed by atoms with Crippen LogP contribution in [0.5, 0.6) is 0 Å². The fraction of sp³-hybridized carbons (Fsp3) is 0.263. The Kier molecular flexibility index (Phi) is 6.13. The molecule has 0 atom stereocenters. The van der Waals surface area contributed by atoms with Gasteiger partial charge >= 0.3 is 12.2 Å². The van der Waals surface area contributed by atoms with Gasteiger partial charge in [0.25, 0.3) is 0 Å². The Labute approximate surface area is 170 Å². The second-order valence-electron chi connectivity index (χ2n) is 6.48. The summed E-state index contributed by atoms with van der Waals surface area (Å²) in [7, 11) is -3.74. The monoisotopic (exact) mass is 441 g/mol. The quantitative estimate of drug-likeness (QED) is 0.605. The van der Waals surface area contributed by atoms with Crippen LogP contribution in [0.15, 0.2) is 52.9 Å². The number of aliphatic hydroxyl groups excluding tert-OH is 1. The lowest BCUT2D eigenvalue weighted by Gasteiger charge is -2.15. The number of alkyl halides is 3. The van der Waals surface area contributed by atoms with Crippen molar-refractivity contribution in [2.45, 2.75) is 12.6 Å². The number of benzene rings is 2. The molecule has 7 nitrogen and oxygen atoms in total. The first kappa shape index (κ1) is 21.8. The van der Waals surface area contributed by atoms with Crippen LogP contribution in [0.4, 0.5) is 19.2 Å². The molecule has 11 heteroatoms. The Morgan fingerprint density at radius 1 is 1.07 bits per heavy atom. The first-order valence-corrected chi connectivity index (χ1v) is 10.6. The SMILES string of the molecule is CS(=O)(=O)N(CCO)c1nnc(-c2ccccc2Cc2ccc(C(F)(F)F)cc2)o1. The van der Waals surface area contributed by atoms with E-state index in [0.29, 0.717) is 23.1 Å². The zero-order chi connectivity index (χ0) is 21.9. The maximum Gasteiger partial charge on any atom is 0.416 e. The van der Waals surface area contributed by atoms with Crippen molar-refractivity contribution < 1.29 is 31.1 Å². The van der Waals surface area contributed by atoms with Gasteiger partial charge in [0.2, 0.25) is 15.9 Å². The van der Waals surface area contributed by atoms with E-state index in [-0.39, 0.29) is 18.5 Å². The minimum atomic E-state index is -4.41. The first-order chi connectivity index (χ1) is 14.1. The van der Waals surface area contributed by atoms with Crippen molar-refractivity contribution in [1.29, 1.82) is 0 Å². The Balaban J connectivity index is 1.90. The van der Waals surface area contributed by atoms with Gasteiger partial charge in [-0.2, -0.15) is 13.2 Å². The number of hydrogen-bond donors (Lipinski definition) is 1. The van der Waals surface area contributed by atoms with Gasteiger partial charge in [-0.25, -0.2) is 12.7 Å². The van der Waals surface area contributed by atoms with E-state index in [1.54, 1.807) is 24.3 Å². The van der Waals surface area contributed by atoms with Gasteiger partial charge in [-0.1, -0.05) is 35.4 Å². The number of aromatic nitrogens is 2. The van der Waals surface area contributed by atoms with Gasteiger partial charge < -0.3 is 9.52 Å². The number of anilines is 1. The number of sulfonamides is 1. The molecule has 0 fully saturated rings. The minimum Gasteiger partial charge on any atom is -0.403 e. The van der Waals surface area contributed by atoms with E-state index in [9.17, 15) is 21.6 Å². The number of rotatable bonds is 7. The second kappa shape index (κ2) is 8.44. The van der Waals surface area contributed by atoms with E-state index in [2.05, 4.69) is 10.2 Å². The van der Waals surface area contributed by atoms with E-state index in [0.717, 1.165) is 22.7 Å². The molecule has 2 aromatic carbocycles. The summed E-state index contributed by atoms with van der Waals surface area (Å²) in [5.41, 5.74) is 1.15. The maximum absolute atomic E-state index is 12.7. The molecule has 160 valence electrons. The van der Waals surface area contributed by atoms with Gasteiger partial charge in [0, 0.05) is 5.56 Å². The maximum atomic E-state index is 12.7. The summed E-state index contributed by atoms with van der Waals surface area (Å²) in [6.07, 6.45) is -3.15. The topological polar surface area (TPSA) is 96.5 Å². The Hall–Kier alpha value is -2.92. The predicted molar refractivity (Wildman–Crippen MR) is 103 cm³/mol. The average molecular weight is 441 g/mol. The molecule has 0 saturated heterocycles. The molecule has 0 saturated carbocycles. The summed E-state index contributed by atoms with van der Waals surface area (Å²) in [6.45, 7) is -0.678. The van der Waals surface area contributed by atoms with Crippen LogP contribution < -0.4 is 4.31 Å². The van der Waals surface area contributed by atoms with E-state index >= 15 is 0 Å². The molecule has 0 spiro atoms. The van der Waals surface area contributed by atoms with Crippen LogP contribution >= 0.6 is 0 Å². The molecule has 0 amide bonds. The molecule has 1 aromatic heterocycles. The highest BCUT2D eigenvalue weighted by Gasteiger charge is 2.30. The first-order valence-electron chi connectivity index (χ1n) is 8.76. The van der Waals surface area contributed by atoms with Crippen molar-refractivity contribution in [3.63, 3.8) is 0 Å². The molecule has 1 N–H and O–H groups in total. The molecule has 0 radical (unpaired) electrons. The molecule has 0 aliphatic rings. The standard InChI is InChI=1S/C19H18F3N3O4S/c1-30(27,28)25(10-11-26)18-24-23-17(29-18)16-5-3-2-4-14(16)12-13-6-8-15(9-7-13)19(20,21)22/h2-9,26H,10-12H2,1H3. The average Bonchev–Trinajstić information content (AvgIpc) is 3.14. The fourth-order valence-corrected chi connectivity index (χ4v) is 3.60. The van der Waals surface area contributed by atoms with Crippen molar-refractivity contribution in [1.82, 2.24) is 10.2 Å². The van der Waals surface area contributed by atoms with Gasteiger partial charge in [-0.05, 0) is 35.7 Å². The van der Waals surface area contributed by atoms with Crippen molar-refractivity contribution in [3.05, 3.63) is 65.2 Å². The highest BCUT2D eigenvalue weighted by atomic mass is 32.2. The Morgan fingerprint density at radius 2 is 1.73 bits per heavy atom. The van der Waals surface area contributed by atoms with Crippen LogP contribution in [0, 0.1) is 0 Å².